The van der Waals surface area contributed by atoms with Gasteiger partial charge in [-0.3, -0.25) is 13.9 Å². The van der Waals surface area contributed by atoms with Crippen LogP contribution < -0.4 is 40.8 Å². The standard InChI is InChI=1S/C8H10N4O2S.Na/c1-10-4-5(9-7(10)15)11(2)8(14)12(3)6(4)13;/h1-3H3,(H,9,15);/q;+1/p-1. The van der Waals surface area contributed by atoms with Crippen molar-refractivity contribution >= 4 is 23.8 Å². The van der Waals surface area contributed by atoms with Gasteiger partial charge in [-0.15, -0.1) is 0 Å². The number of aryl methyl sites for hydroxylation is 2. The second-order valence-corrected chi connectivity index (χ2v) is 3.70. The van der Waals surface area contributed by atoms with E-state index < -0.39 is 5.69 Å². The third-order valence-corrected chi connectivity index (χ3v) is 2.80. The first kappa shape index (κ1) is 13.4. The van der Waals surface area contributed by atoms with E-state index in [1.807, 2.05) is 0 Å². The van der Waals surface area contributed by atoms with E-state index in [2.05, 4.69) is 4.98 Å². The van der Waals surface area contributed by atoms with Crippen LogP contribution in [0.3, 0.4) is 0 Å². The smallest absolute Gasteiger partial charge is 0.742 e. The van der Waals surface area contributed by atoms with Crippen molar-refractivity contribution in [1.82, 2.24) is 18.7 Å². The Bertz CT molecular complexity index is 669. The monoisotopic (exact) mass is 248 g/mol. The Kier molecular flexibility index (Phi) is 3.63. The Hall–Kier alpha value is -0.630. The second-order valence-electron chi connectivity index (χ2n) is 3.33. The van der Waals surface area contributed by atoms with Crippen LogP contribution >= 0.6 is 0 Å². The number of imidazole rings is 1. The van der Waals surface area contributed by atoms with Crippen molar-refractivity contribution in [3.05, 3.63) is 20.8 Å². The number of hydrogen-bond donors (Lipinski definition) is 0. The first-order chi connectivity index (χ1) is 6.95. The van der Waals surface area contributed by atoms with Gasteiger partial charge in [0.15, 0.2) is 11.2 Å². The average Bonchev–Trinajstić information content (AvgIpc) is 2.50. The van der Waals surface area contributed by atoms with Gasteiger partial charge in [0.2, 0.25) is 0 Å². The molecule has 0 aliphatic heterocycles. The van der Waals surface area contributed by atoms with Crippen molar-refractivity contribution in [2.45, 2.75) is 5.16 Å². The summed E-state index contributed by atoms with van der Waals surface area (Å²) in [5, 5.41) is 0.295. The fourth-order valence-electron chi connectivity index (χ4n) is 1.50. The van der Waals surface area contributed by atoms with Gasteiger partial charge in [-0.1, -0.05) is 0 Å². The molecule has 0 aliphatic rings. The van der Waals surface area contributed by atoms with Gasteiger partial charge >= 0.3 is 35.2 Å². The molecule has 0 aromatic carbocycles. The molecule has 0 radical (unpaired) electrons. The van der Waals surface area contributed by atoms with Crippen LogP contribution in [0.5, 0.6) is 0 Å². The first-order valence-electron chi connectivity index (χ1n) is 4.24. The number of rotatable bonds is 0. The van der Waals surface area contributed by atoms with E-state index in [1.165, 1.54) is 16.2 Å². The molecule has 0 unspecified atom stereocenters. The Morgan fingerprint density at radius 3 is 2.19 bits per heavy atom. The quantitative estimate of drug-likeness (QED) is 0.351. The SMILES string of the molecule is Cn1c(=O)c2c(nc([S-])n2C)n(C)c1=O.[Na+]. The first-order valence-corrected chi connectivity index (χ1v) is 4.65. The van der Waals surface area contributed by atoms with Gasteiger partial charge in [-0.25, -0.2) is 9.78 Å². The zero-order valence-corrected chi connectivity index (χ0v) is 12.3. The molecule has 0 saturated carbocycles. The van der Waals surface area contributed by atoms with Crippen molar-refractivity contribution in [3.8, 4) is 0 Å². The van der Waals surface area contributed by atoms with Gasteiger partial charge in [0.1, 0.15) is 0 Å². The predicted octanol–water partition coefficient (Wildman–Crippen LogP) is -4.12. The maximum atomic E-state index is 11.8. The van der Waals surface area contributed by atoms with Gasteiger partial charge in [0.05, 0.1) is 0 Å². The molecule has 2 aromatic heterocycles. The van der Waals surface area contributed by atoms with E-state index in [9.17, 15) is 9.59 Å². The molecule has 0 atom stereocenters. The van der Waals surface area contributed by atoms with Crippen LogP contribution in [0.1, 0.15) is 0 Å². The Morgan fingerprint density at radius 2 is 1.62 bits per heavy atom. The molecule has 6 nitrogen and oxygen atoms in total. The molecule has 2 rings (SSSR count). The van der Waals surface area contributed by atoms with Gasteiger partial charge < -0.3 is 17.2 Å². The molecule has 16 heavy (non-hydrogen) atoms. The van der Waals surface area contributed by atoms with Crippen molar-refractivity contribution in [1.29, 1.82) is 0 Å². The Balaban J connectivity index is 0.00000128. The van der Waals surface area contributed by atoms with E-state index in [-0.39, 0.29) is 35.1 Å². The fraction of sp³-hybridized carbons (Fsp3) is 0.375. The molecular formula is C8H9N4NaO2S. The molecular weight excluding hydrogens is 239 g/mol. The normalized spacial score (nSPS) is 10.4. The van der Waals surface area contributed by atoms with E-state index in [1.54, 1.807) is 14.1 Å². The molecule has 2 heterocycles. The van der Waals surface area contributed by atoms with Crippen LogP contribution in [0.2, 0.25) is 0 Å². The molecule has 80 valence electrons. The van der Waals surface area contributed by atoms with Gasteiger partial charge in [-0.2, -0.15) is 0 Å². The summed E-state index contributed by atoms with van der Waals surface area (Å²) in [4.78, 5) is 27.3. The number of hydrogen-bond acceptors (Lipinski definition) is 4. The summed E-state index contributed by atoms with van der Waals surface area (Å²) in [6, 6.07) is 0. The second kappa shape index (κ2) is 4.33. The van der Waals surface area contributed by atoms with Crippen LogP contribution in [-0.4, -0.2) is 18.7 Å². The minimum Gasteiger partial charge on any atom is -0.742 e. The van der Waals surface area contributed by atoms with Crippen LogP contribution in [0.25, 0.3) is 11.2 Å². The van der Waals surface area contributed by atoms with E-state index in [0.29, 0.717) is 16.3 Å². The van der Waals surface area contributed by atoms with Crippen molar-refractivity contribution in [2.24, 2.45) is 21.1 Å². The molecule has 8 heteroatoms. The van der Waals surface area contributed by atoms with Crippen LogP contribution in [0, 0.1) is 0 Å². The van der Waals surface area contributed by atoms with E-state index in [4.69, 9.17) is 12.6 Å². The molecule has 0 spiro atoms. The summed E-state index contributed by atoms with van der Waals surface area (Å²) in [5.41, 5.74) is -0.0972. The molecule has 0 amide bonds. The van der Waals surface area contributed by atoms with Crippen molar-refractivity contribution in [3.63, 3.8) is 0 Å². The maximum absolute atomic E-state index is 11.8. The summed E-state index contributed by atoms with van der Waals surface area (Å²) in [5.74, 6) is 0. The maximum Gasteiger partial charge on any atom is 1.00 e. The molecule has 0 bridgehead atoms. The predicted molar refractivity (Wildman–Crippen MR) is 56.8 cm³/mol. The fourth-order valence-corrected chi connectivity index (χ4v) is 1.68. The minimum atomic E-state index is -0.402. The minimum absolute atomic E-state index is 0. The van der Waals surface area contributed by atoms with Gasteiger partial charge in [0.25, 0.3) is 5.56 Å². The topological polar surface area (TPSA) is 61.8 Å². The molecule has 0 saturated heterocycles. The van der Waals surface area contributed by atoms with Crippen molar-refractivity contribution in [2.75, 3.05) is 0 Å². The Labute approximate surface area is 119 Å². The molecule has 0 aliphatic carbocycles. The third-order valence-electron chi connectivity index (χ3n) is 2.43. The zero-order valence-electron chi connectivity index (χ0n) is 9.51. The molecule has 2 aromatic rings. The van der Waals surface area contributed by atoms with Gasteiger partial charge in [-0.05, 0) is 5.16 Å². The van der Waals surface area contributed by atoms with Crippen molar-refractivity contribution < 1.29 is 29.6 Å². The zero-order chi connectivity index (χ0) is 11.3. The molecule has 0 fully saturated rings. The summed E-state index contributed by atoms with van der Waals surface area (Å²) in [6.07, 6.45) is 0. The summed E-state index contributed by atoms with van der Waals surface area (Å²) in [7, 11) is 4.65. The average molecular weight is 248 g/mol. The van der Waals surface area contributed by atoms with Crippen LogP contribution in [-0.2, 0) is 33.8 Å². The Morgan fingerprint density at radius 1 is 1.06 bits per heavy atom. The summed E-state index contributed by atoms with van der Waals surface area (Å²) >= 11 is 4.95. The number of nitrogens with zero attached hydrogens (tertiary/aromatic N) is 4. The van der Waals surface area contributed by atoms with Crippen LogP contribution in [0.4, 0.5) is 0 Å². The molecule has 0 N–H and O–H groups in total. The summed E-state index contributed by atoms with van der Waals surface area (Å²) < 4.78 is 3.86. The van der Waals surface area contributed by atoms with E-state index >= 15 is 0 Å². The van der Waals surface area contributed by atoms with Crippen LogP contribution in [0.15, 0.2) is 14.7 Å². The summed E-state index contributed by atoms with van der Waals surface area (Å²) in [6.45, 7) is 0. The number of aromatic nitrogens is 4. The van der Waals surface area contributed by atoms with E-state index in [0.717, 1.165) is 4.57 Å². The van der Waals surface area contributed by atoms with Gasteiger partial charge in [0, 0.05) is 21.1 Å². The third kappa shape index (κ3) is 1.64. The number of fused-ring (bicyclic) bond motifs is 1. The largest absolute Gasteiger partial charge is 1.00 e.